The third-order valence-corrected chi connectivity index (χ3v) is 4.75. The molecule has 26 heavy (non-hydrogen) atoms. The highest BCUT2D eigenvalue weighted by atomic mass is 16.2. The van der Waals surface area contributed by atoms with Crippen LogP contribution in [-0.4, -0.2) is 39.6 Å². The number of rotatable bonds is 7. The Kier molecular flexibility index (Phi) is 5.71. The van der Waals surface area contributed by atoms with Gasteiger partial charge in [0.1, 0.15) is 0 Å². The van der Waals surface area contributed by atoms with Crippen LogP contribution in [0.1, 0.15) is 29.8 Å². The zero-order valence-electron chi connectivity index (χ0n) is 15.4. The first-order chi connectivity index (χ1) is 12.5. The smallest absolute Gasteiger partial charge is 0.225 e. The van der Waals surface area contributed by atoms with Gasteiger partial charge in [-0.2, -0.15) is 5.10 Å². The van der Waals surface area contributed by atoms with Gasteiger partial charge in [0.15, 0.2) is 0 Å². The summed E-state index contributed by atoms with van der Waals surface area (Å²) in [6.07, 6.45) is 1.12. The fourth-order valence-electron chi connectivity index (χ4n) is 3.39. The van der Waals surface area contributed by atoms with Crippen LogP contribution in [0.4, 0.5) is 0 Å². The monoisotopic (exact) mass is 354 g/mol. The molecule has 0 bridgehead atoms. The molecule has 2 amide bonds. The van der Waals surface area contributed by atoms with Gasteiger partial charge in [-0.15, -0.1) is 0 Å². The van der Waals surface area contributed by atoms with Crippen LogP contribution in [0.15, 0.2) is 36.4 Å². The summed E-state index contributed by atoms with van der Waals surface area (Å²) in [5.74, 6) is -0.223. The molecule has 1 aliphatic rings. The maximum Gasteiger partial charge on any atom is 0.225 e. The number of carbonyl (C=O) groups is 2. The van der Waals surface area contributed by atoms with E-state index in [-0.39, 0.29) is 17.7 Å². The van der Waals surface area contributed by atoms with Crippen LogP contribution in [0.5, 0.6) is 0 Å². The number of aryl methyl sites for hydroxylation is 3. The number of nitrogens with zero attached hydrogens (tertiary/aromatic N) is 3. The van der Waals surface area contributed by atoms with Gasteiger partial charge in [-0.1, -0.05) is 30.3 Å². The molecule has 0 aliphatic carbocycles. The fraction of sp³-hybridized carbons (Fsp3) is 0.450. The average molecular weight is 354 g/mol. The van der Waals surface area contributed by atoms with E-state index in [1.807, 2.05) is 54.9 Å². The summed E-state index contributed by atoms with van der Waals surface area (Å²) in [7, 11) is 0. The van der Waals surface area contributed by atoms with Crippen molar-refractivity contribution >= 4 is 11.8 Å². The van der Waals surface area contributed by atoms with E-state index in [0.29, 0.717) is 26.1 Å². The second-order valence-corrected chi connectivity index (χ2v) is 6.96. The molecular weight excluding hydrogens is 328 g/mol. The molecule has 6 nitrogen and oxygen atoms in total. The van der Waals surface area contributed by atoms with E-state index in [4.69, 9.17) is 0 Å². The molecule has 3 rings (SSSR count). The normalized spacial score (nSPS) is 16.9. The van der Waals surface area contributed by atoms with E-state index in [1.54, 1.807) is 4.90 Å². The van der Waals surface area contributed by atoms with Gasteiger partial charge in [0.2, 0.25) is 11.8 Å². The summed E-state index contributed by atoms with van der Waals surface area (Å²) in [5, 5.41) is 7.38. The molecule has 1 aliphatic heterocycles. The molecule has 6 heteroatoms. The molecule has 2 aromatic rings. The van der Waals surface area contributed by atoms with Crippen molar-refractivity contribution in [1.82, 2.24) is 20.0 Å². The third kappa shape index (κ3) is 4.50. The van der Waals surface area contributed by atoms with Crippen LogP contribution < -0.4 is 5.32 Å². The summed E-state index contributed by atoms with van der Waals surface area (Å²) in [6.45, 7) is 6.45. The quantitative estimate of drug-likeness (QED) is 0.774. The van der Waals surface area contributed by atoms with Crippen molar-refractivity contribution in [2.75, 3.05) is 13.1 Å². The Balaban J connectivity index is 1.42. The minimum absolute atomic E-state index is 0.0257. The second-order valence-electron chi connectivity index (χ2n) is 6.96. The number of amides is 2. The van der Waals surface area contributed by atoms with E-state index in [1.165, 1.54) is 0 Å². The first kappa shape index (κ1) is 18.2. The van der Waals surface area contributed by atoms with Gasteiger partial charge in [-0.05, 0) is 31.9 Å². The Morgan fingerprint density at radius 1 is 1.27 bits per heavy atom. The number of likely N-dealkylation sites (tertiary alicyclic amines) is 1. The maximum absolute atomic E-state index is 12.4. The van der Waals surface area contributed by atoms with Crippen LogP contribution in [0.25, 0.3) is 0 Å². The number of aromatic nitrogens is 2. The number of benzene rings is 1. The summed E-state index contributed by atoms with van der Waals surface area (Å²) in [5.41, 5.74) is 3.23. The van der Waals surface area contributed by atoms with Crippen molar-refractivity contribution in [2.24, 2.45) is 5.92 Å². The van der Waals surface area contributed by atoms with Gasteiger partial charge in [-0.3, -0.25) is 14.3 Å². The van der Waals surface area contributed by atoms with E-state index in [0.717, 1.165) is 29.9 Å². The fourth-order valence-corrected chi connectivity index (χ4v) is 3.39. The number of hydrogen-bond donors (Lipinski definition) is 1. The van der Waals surface area contributed by atoms with E-state index >= 15 is 0 Å². The third-order valence-electron chi connectivity index (χ3n) is 4.75. The first-order valence-electron chi connectivity index (χ1n) is 9.13. The van der Waals surface area contributed by atoms with Crippen LogP contribution in [0, 0.1) is 19.8 Å². The molecule has 1 N–H and O–H groups in total. The molecule has 1 fully saturated rings. The SMILES string of the molecule is Cc1cc(C)n(CCCNC(=O)C2CC(=O)N(Cc3ccccc3)C2)n1. The Morgan fingerprint density at radius 2 is 2.04 bits per heavy atom. The lowest BCUT2D eigenvalue weighted by Gasteiger charge is -2.16. The molecular formula is C20H26N4O2. The zero-order chi connectivity index (χ0) is 18.5. The van der Waals surface area contributed by atoms with Gasteiger partial charge in [0.25, 0.3) is 0 Å². The van der Waals surface area contributed by atoms with Crippen LogP contribution in [-0.2, 0) is 22.7 Å². The maximum atomic E-state index is 12.4. The summed E-state index contributed by atoms with van der Waals surface area (Å²) in [4.78, 5) is 26.3. The highest BCUT2D eigenvalue weighted by Gasteiger charge is 2.33. The standard InChI is InChI=1S/C20H26N4O2/c1-15-11-16(2)24(22-15)10-6-9-21-20(26)18-12-19(25)23(14-18)13-17-7-4-3-5-8-17/h3-5,7-8,11,18H,6,9-10,12-14H2,1-2H3,(H,21,26). The number of carbonyl (C=O) groups excluding carboxylic acids is 2. The van der Waals surface area contributed by atoms with Crippen molar-refractivity contribution in [3.8, 4) is 0 Å². The first-order valence-corrected chi connectivity index (χ1v) is 9.13. The molecule has 0 saturated carbocycles. The van der Waals surface area contributed by atoms with Gasteiger partial charge in [0, 0.05) is 38.3 Å². The van der Waals surface area contributed by atoms with Crippen molar-refractivity contribution in [3.05, 3.63) is 53.3 Å². The molecule has 138 valence electrons. The lowest BCUT2D eigenvalue weighted by atomic mass is 10.1. The summed E-state index contributed by atoms with van der Waals surface area (Å²) < 4.78 is 1.96. The lowest BCUT2D eigenvalue weighted by molar-refractivity contribution is -0.129. The molecule has 1 saturated heterocycles. The van der Waals surface area contributed by atoms with Crippen molar-refractivity contribution < 1.29 is 9.59 Å². The molecule has 0 spiro atoms. The molecule has 2 heterocycles. The van der Waals surface area contributed by atoms with Gasteiger partial charge in [-0.25, -0.2) is 0 Å². The van der Waals surface area contributed by atoms with Gasteiger partial charge < -0.3 is 10.2 Å². The minimum atomic E-state index is -0.250. The van der Waals surface area contributed by atoms with E-state index in [2.05, 4.69) is 10.4 Å². The Hall–Kier alpha value is -2.63. The van der Waals surface area contributed by atoms with Crippen molar-refractivity contribution in [3.63, 3.8) is 0 Å². The van der Waals surface area contributed by atoms with Crippen molar-refractivity contribution in [2.45, 2.75) is 39.8 Å². The van der Waals surface area contributed by atoms with Gasteiger partial charge in [0.05, 0.1) is 11.6 Å². The Labute approximate surface area is 154 Å². The highest BCUT2D eigenvalue weighted by Crippen LogP contribution is 2.20. The predicted molar refractivity (Wildman–Crippen MR) is 99.3 cm³/mol. The highest BCUT2D eigenvalue weighted by molar-refractivity contribution is 5.89. The summed E-state index contributed by atoms with van der Waals surface area (Å²) in [6, 6.07) is 11.9. The molecule has 1 aromatic heterocycles. The van der Waals surface area contributed by atoms with Crippen LogP contribution >= 0.6 is 0 Å². The Bertz CT molecular complexity index is 769. The second kappa shape index (κ2) is 8.17. The predicted octanol–water partition coefficient (Wildman–Crippen LogP) is 2.05. The molecule has 1 aromatic carbocycles. The minimum Gasteiger partial charge on any atom is -0.356 e. The largest absolute Gasteiger partial charge is 0.356 e. The van der Waals surface area contributed by atoms with Crippen LogP contribution in [0.3, 0.4) is 0 Å². The average Bonchev–Trinajstić information content (AvgIpc) is 3.14. The molecule has 1 unspecified atom stereocenters. The molecule has 0 radical (unpaired) electrons. The van der Waals surface area contributed by atoms with Crippen molar-refractivity contribution in [1.29, 1.82) is 0 Å². The zero-order valence-corrected chi connectivity index (χ0v) is 15.4. The topological polar surface area (TPSA) is 67.2 Å². The summed E-state index contributed by atoms with van der Waals surface area (Å²) >= 11 is 0. The lowest BCUT2D eigenvalue weighted by Crippen LogP contribution is -2.33. The van der Waals surface area contributed by atoms with E-state index in [9.17, 15) is 9.59 Å². The number of nitrogens with one attached hydrogen (secondary N) is 1. The van der Waals surface area contributed by atoms with E-state index < -0.39 is 0 Å². The van der Waals surface area contributed by atoms with Gasteiger partial charge >= 0.3 is 0 Å². The number of hydrogen-bond acceptors (Lipinski definition) is 3. The molecule has 1 atom stereocenters. The van der Waals surface area contributed by atoms with Crippen LogP contribution in [0.2, 0.25) is 0 Å². The Morgan fingerprint density at radius 3 is 2.73 bits per heavy atom.